The summed E-state index contributed by atoms with van der Waals surface area (Å²) in [7, 11) is 0. The number of nitrogens with zero attached hydrogens (tertiary/aromatic N) is 4. The molecule has 0 radical (unpaired) electrons. The monoisotopic (exact) mass is 371 g/mol. The third-order valence-electron chi connectivity index (χ3n) is 4.88. The topological polar surface area (TPSA) is 84.2 Å². The number of likely N-dealkylation sites (tertiary alicyclic amines) is 1. The summed E-state index contributed by atoms with van der Waals surface area (Å²) in [6.07, 6.45) is 6.87. The second kappa shape index (κ2) is 8.50. The van der Waals surface area contributed by atoms with Crippen LogP contribution in [0.3, 0.4) is 0 Å². The van der Waals surface area contributed by atoms with E-state index in [1.807, 2.05) is 50.1 Å². The van der Waals surface area contributed by atoms with E-state index < -0.39 is 0 Å². The molecule has 1 fully saturated rings. The molecule has 0 unspecified atom stereocenters. The fourth-order valence-electron chi connectivity index (χ4n) is 3.31. The molecule has 1 atom stereocenters. The summed E-state index contributed by atoms with van der Waals surface area (Å²) in [6.45, 7) is 7.13. The van der Waals surface area contributed by atoms with E-state index in [4.69, 9.17) is 4.52 Å². The Morgan fingerprint density at radius 1 is 1.33 bits per heavy atom. The minimum atomic E-state index is -0.171. The number of hydrogen-bond donors (Lipinski definition) is 1. The fourth-order valence-corrected chi connectivity index (χ4v) is 3.31. The van der Waals surface area contributed by atoms with E-state index in [2.05, 4.69) is 20.4 Å². The van der Waals surface area contributed by atoms with Crippen LogP contribution in [0.1, 0.15) is 63.9 Å². The second-order valence-electron chi connectivity index (χ2n) is 8.12. The van der Waals surface area contributed by atoms with Gasteiger partial charge in [-0.05, 0) is 44.2 Å². The smallest absolute Gasteiger partial charge is 0.318 e. The Morgan fingerprint density at radius 3 is 2.89 bits per heavy atom. The highest BCUT2D eigenvalue weighted by molar-refractivity contribution is 5.74. The molecule has 146 valence electrons. The van der Waals surface area contributed by atoms with Crippen molar-refractivity contribution >= 4 is 6.03 Å². The number of pyridine rings is 1. The van der Waals surface area contributed by atoms with Crippen LogP contribution in [0.5, 0.6) is 0 Å². The summed E-state index contributed by atoms with van der Waals surface area (Å²) in [6, 6.07) is 6.15. The lowest BCUT2D eigenvalue weighted by atomic mass is 9.96. The molecule has 2 aromatic rings. The maximum atomic E-state index is 12.7. The Bertz CT molecular complexity index is 738. The minimum Gasteiger partial charge on any atom is -0.337 e. The van der Waals surface area contributed by atoms with Crippen LogP contribution < -0.4 is 5.32 Å². The summed E-state index contributed by atoms with van der Waals surface area (Å²) >= 11 is 0. The quantitative estimate of drug-likeness (QED) is 0.870. The largest absolute Gasteiger partial charge is 0.337 e. The Balaban J connectivity index is 1.54. The Labute approximate surface area is 160 Å². The molecule has 0 aromatic carbocycles. The van der Waals surface area contributed by atoms with Crippen molar-refractivity contribution in [2.45, 2.75) is 70.9 Å². The number of urea groups is 1. The van der Waals surface area contributed by atoms with Gasteiger partial charge in [-0.2, -0.15) is 4.98 Å². The predicted octanol–water partition coefficient (Wildman–Crippen LogP) is 3.46. The molecule has 1 N–H and O–H groups in total. The summed E-state index contributed by atoms with van der Waals surface area (Å²) in [5.74, 6) is 1.09. The van der Waals surface area contributed by atoms with Crippen molar-refractivity contribution in [1.82, 2.24) is 25.3 Å². The maximum absolute atomic E-state index is 12.7. The van der Waals surface area contributed by atoms with Gasteiger partial charge in [0.15, 0.2) is 5.82 Å². The molecule has 0 saturated carbocycles. The van der Waals surface area contributed by atoms with Crippen molar-refractivity contribution in [2.75, 3.05) is 6.54 Å². The van der Waals surface area contributed by atoms with Crippen molar-refractivity contribution in [1.29, 1.82) is 0 Å². The maximum Gasteiger partial charge on any atom is 0.318 e. The first kappa shape index (κ1) is 19.3. The van der Waals surface area contributed by atoms with Gasteiger partial charge in [-0.1, -0.05) is 32.0 Å². The SMILES string of the molecule is CC(C)(C)c1noc(CNC(=O)N2CCCC[C@@H]2CCc2ccccn2)n1. The molecule has 2 aromatic heterocycles. The molecule has 7 nitrogen and oxygen atoms in total. The van der Waals surface area contributed by atoms with Gasteiger partial charge in [0.1, 0.15) is 0 Å². The number of amides is 2. The Hall–Kier alpha value is -2.44. The number of nitrogens with one attached hydrogen (secondary N) is 1. The van der Waals surface area contributed by atoms with Crippen LogP contribution in [-0.2, 0) is 18.4 Å². The molecular weight excluding hydrogens is 342 g/mol. The normalized spacial score (nSPS) is 17.7. The second-order valence-corrected chi connectivity index (χ2v) is 8.12. The van der Waals surface area contributed by atoms with E-state index in [0.29, 0.717) is 11.7 Å². The van der Waals surface area contributed by atoms with Gasteiger partial charge in [-0.15, -0.1) is 0 Å². The highest BCUT2D eigenvalue weighted by Gasteiger charge is 2.27. The predicted molar refractivity (Wildman–Crippen MR) is 102 cm³/mol. The number of aryl methyl sites for hydroxylation is 1. The first-order valence-corrected chi connectivity index (χ1v) is 9.71. The minimum absolute atomic E-state index is 0.0590. The zero-order chi connectivity index (χ0) is 19.3. The summed E-state index contributed by atoms with van der Waals surface area (Å²) < 4.78 is 5.26. The fraction of sp³-hybridized carbons (Fsp3) is 0.600. The summed E-state index contributed by atoms with van der Waals surface area (Å²) in [5.41, 5.74) is 0.902. The van der Waals surface area contributed by atoms with Gasteiger partial charge in [0, 0.05) is 29.9 Å². The van der Waals surface area contributed by atoms with Crippen LogP contribution in [-0.4, -0.2) is 38.6 Å². The van der Waals surface area contributed by atoms with Crippen molar-refractivity contribution in [3.05, 3.63) is 41.8 Å². The first-order valence-electron chi connectivity index (χ1n) is 9.71. The van der Waals surface area contributed by atoms with Crippen LogP contribution in [0, 0.1) is 0 Å². The zero-order valence-corrected chi connectivity index (χ0v) is 16.4. The molecule has 1 aliphatic rings. The molecule has 0 aliphatic carbocycles. The van der Waals surface area contributed by atoms with E-state index >= 15 is 0 Å². The zero-order valence-electron chi connectivity index (χ0n) is 16.4. The molecular formula is C20H29N5O2. The number of carbonyl (C=O) groups excluding carboxylic acids is 1. The van der Waals surface area contributed by atoms with Crippen LogP contribution in [0.4, 0.5) is 4.79 Å². The van der Waals surface area contributed by atoms with Crippen LogP contribution in [0.15, 0.2) is 28.9 Å². The van der Waals surface area contributed by atoms with Crippen molar-refractivity contribution < 1.29 is 9.32 Å². The van der Waals surface area contributed by atoms with Crippen molar-refractivity contribution in [3.8, 4) is 0 Å². The molecule has 1 aliphatic heterocycles. The highest BCUT2D eigenvalue weighted by Crippen LogP contribution is 2.22. The third kappa shape index (κ3) is 5.28. The van der Waals surface area contributed by atoms with Gasteiger partial charge in [-0.25, -0.2) is 4.79 Å². The summed E-state index contributed by atoms with van der Waals surface area (Å²) in [5, 5.41) is 6.93. The van der Waals surface area contributed by atoms with E-state index in [1.165, 1.54) is 0 Å². The lowest BCUT2D eigenvalue weighted by Gasteiger charge is -2.35. The Kier molecular flexibility index (Phi) is 6.08. The average molecular weight is 371 g/mol. The molecule has 3 rings (SSSR count). The van der Waals surface area contributed by atoms with Gasteiger partial charge in [-0.3, -0.25) is 4.98 Å². The number of rotatable bonds is 5. The number of piperidine rings is 1. The molecule has 1 saturated heterocycles. The molecule has 7 heteroatoms. The van der Waals surface area contributed by atoms with Gasteiger partial charge in [0.05, 0.1) is 6.54 Å². The first-order chi connectivity index (χ1) is 12.9. The van der Waals surface area contributed by atoms with Gasteiger partial charge >= 0.3 is 6.03 Å². The molecule has 0 spiro atoms. The van der Waals surface area contributed by atoms with Crippen molar-refractivity contribution in [3.63, 3.8) is 0 Å². The van der Waals surface area contributed by atoms with Gasteiger partial charge < -0.3 is 14.7 Å². The van der Waals surface area contributed by atoms with Gasteiger partial charge in [0.25, 0.3) is 0 Å². The molecule has 0 bridgehead atoms. The lowest BCUT2D eigenvalue weighted by Crippen LogP contribution is -2.48. The van der Waals surface area contributed by atoms with Crippen molar-refractivity contribution in [2.24, 2.45) is 0 Å². The number of carbonyl (C=O) groups is 1. The Morgan fingerprint density at radius 2 is 2.19 bits per heavy atom. The standard InChI is InChI=1S/C20H29N5O2/c1-20(2,3)18-23-17(27-24-18)14-22-19(26)25-13-7-5-9-16(25)11-10-15-8-4-6-12-21-15/h4,6,8,12,16H,5,7,9-11,13-14H2,1-3H3,(H,22,26)/t16-/m1/s1. The van der Waals surface area contributed by atoms with Gasteiger partial charge in [0.2, 0.25) is 5.89 Å². The molecule has 2 amide bonds. The van der Waals surface area contributed by atoms with Crippen LogP contribution >= 0.6 is 0 Å². The number of hydrogen-bond acceptors (Lipinski definition) is 5. The highest BCUT2D eigenvalue weighted by atomic mass is 16.5. The molecule has 3 heterocycles. The van der Waals surface area contributed by atoms with E-state index in [0.717, 1.165) is 44.3 Å². The van der Waals surface area contributed by atoms with Crippen LogP contribution in [0.2, 0.25) is 0 Å². The molecule has 27 heavy (non-hydrogen) atoms. The lowest BCUT2D eigenvalue weighted by molar-refractivity contribution is 0.145. The third-order valence-corrected chi connectivity index (χ3v) is 4.88. The van der Waals surface area contributed by atoms with E-state index in [-0.39, 0.29) is 24.0 Å². The van der Waals surface area contributed by atoms with Crippen LogP contribution in [0.25, 0.3) is 0 Å². The summed E-state index contributed by atoms with van der Waals surface area (Å²) in [4.78, 5) is 23.4. The van der Waals surface area contributed by atoms with E-state index in [9.17, 15) is 4.79 Å². The van der Waals surface area contributed by atoms with E-state index in [1.54, 1.807) is 0 Å². The number of aromatic nitrogens is 3. The average Bonchev–Trinajstić information content (AvgIpc) is 3.15.